The van der Waals surface area contributed by atoms with E-state index >= 15 is 0 Å². The van der Waals surface area contributed by atoms with Gasteiger partial charge in [0.05, 0.1) is 6.20 Å². The molecule has 5 rings (SSSR count). The highest BCUT2D eigenvalue weighted by Crippen LogP contribution is 2.29. The van der Waals surface area contributed by atoms with Gasteiger partial charge in [-0.15, -0.1) is 0 Å². The van der Waals surface area contributed by atoms with Crippen LogP contribution in [0.25, 0.3) is 32.8 Å². The first-order valence-electron chi connectivity index (χ1n) is 10.4. The molecule has 0 saturated heterocycles. The highest BCUT2D eigenvalue weighted by Gasteiger charge is 2.13. The average Bonchev–Trinajstić information content (AvgIpc) is 3.25. The number of para-hydroxylation sites is 1. The summed E-state index contributed by atoms with van der Waals surface area (Å²) in [6, 6.07) is 20.1. The number of ether oxygens (including phenoxy) is 1. The van der Waals surface area contributed by atoms with Crippen LogP contribution in [0, 0.1) is 11.3 Å². The van der Waals surface area contributed by atoms with Crippen molar-refractivity contribution >= 4 is 21.7 Å². The van der Waals surface area contributed by atoms with Crippen molar-refractivity contribution in [3.63, 3.8) is 0 Å². The van der Waals surface area contributed by atoms with E-state index in [-0.39, 0.29) is 0 Å². The second kappa shape index (κ2) is 8.50. The number of rotatable bonds is 6. The molecule has 0 spiro atoms. The molecular formula is C26H21N5O. The Balaban J connectivity index is 1.35. The van der Waals surface area contributed by atoms with Gasteiger partial charge in [-0.1, -0.05) is 30.3 Å². The monoisotopic (exact) mass is 419 g/mol. The third-order valence-corrected chi connectivity index (χ3v) is 5.58. The van der Waals surface area contributed by atoms with Gasteiger partial charge < -0.3 is 9.72 Å². The average molecular weight is 419 g/mol. The fraction of sp³-hybridized carbons (Fsp3) is 0.115. The summed E-state index contributed by atoms with van der Waals surface area (Å²) in [6.07, 6.45) is 8.10. The number of fused-ring (bicyclic) bond motifs is 2. The van der Waals surface area contributed by atoms with Crippen LogP contribution in [0.5, 0.6) is 5.75 Å². The molecule has 0 aliphatic carbocycles. The predicted octanol–water partition coefficient (Wildman–Crippen LogP) is 4.95. The van der Waals surface area contributed by atoms with Crippen LogP contribution in [0.1, 0.15) is 17.7 Å². The van der Waals surface area contributed by atoms with Gasteiger partial charge in [0.1, 0.15) is 23.7 Å². The molecule has 0 amide bonds. The summed E-state index contributed by atoms with van der Waals surface area (Å²) in [5, 5.41) is 12.8. The first-order chi connectivity index (χ1) is 15.7. The first-order valence-corrected chi connectivity index (χ1v) is 10.4. The summed E-state index contributed by atoms with van der Waals surface area (Å²) in [5.74, 6) is 0.542. The molecule has 0 radical (unpaired) electrons. The minimum Gasteiger partial charge on any atom is -0.474 e. The van der Waals surface area contributed by atoms with E-state index in [1.807, 2.05) is 54.9 Å². The van der Waals surface area contributed by atoms with Crippen molar-refractivity contribution in [1.29, 1.82) is 5.26 Å². The number of benzene rings is 2. The smallest absolute Gasteiger partial charge is 0.148 e. The van der Waals surface area contributed by atoms with Crippen LogP contribution < -0.4 is 10.5 Å². The molecule has 0 bridgehead atoms. The maximum absolute atomic E-state index is 9.55. The lowest BCUT2D eigenvalue weighted by Gasteiger charge is -2.15. The van der Waals surface area contributed by atoms with E-state index in [0.717, 1.165) is 28.3 Å². The van der Waals surface area contributed by atoms with Crippen molar-refractivity contribution < 1.29 is 4.74 Å². The fourth-order valence-corrected chi connectivity index (χ4v) is 3.94. The number of nitrogens with two attached hydrogens (primary N) is 1. The Morgan fingerprint density at radius 3 is 2.88 bits per heavy atom. The molecule has 5 aromatic rings. The van der Waals surface area contributed by atoms with E-state index in [1.165, 1.54) is 10.9 Å². The maximum atomic E-state index is 9.55. The van der Waals surface area contributed by atoms with Gasteiger partial charge in [-0.25, -0.2) is 4.98 Å². The Bertz CT molecular complexity index is 1450. The minimum atomic E-state index is -0.492. The standard InChI is InChI=1S/C26H21N5O/c27-13-25-23(18-5-6-19-14-29-10-9-17(19)11-18)12-21(16-31-25)32-26(28)8-7-20-15-30-24-4-2-1-3-22(20)24/h1-6,9-12,14-16,26,30H,7-8,28H2/t26-/m0/s1. The molecule has 3 aromatic heterocycles. The lowest BCUT2D eigenvalue weighted by molar-refractivity contribution is 0.198. The molecule has 0 aliphatic heterocycles. The van der Waals surface area contributed by atoms with Gasteiger partial charge in [0.25, 0.3) is 0 Å². The normalized spacial score (nSPS) is 12.0. The summed E-state index contributed by atoms with van der Waals surface area (Å²) in [4.78, 5) is 11.7. The number of H-pyrrole nitrogens is 1. The number of hydrogen-bond acceptors (Lipinski definition) is 5. The third kappa shape index (κ3) is 3.89. The fourth-order valence-electron chi connectivity index (χ4n) is 3.94. The molecule has 2 aromatic carbocycles. The number of hydrogen-bond donors (Lipinski definition) is 2. The molecule has 0 unspecified atom stereocenters. The Kier molecular flexibility index (Phi) is 5.24. The number of pyridine rings is 2. The highest BCUT2D eigenvalue weighted by molar-refractivity contribution is 5.87. The van der Waals surface area contributed by atoms with Crippen LogP contribution in [0.4, 0.5) is 0 Å². The number of nitrogens with one attached hydrogen (secondary N) is 1. The summed E-state index contributed by atoms with van der Waals surface area (Å²) >= 11 is 0. The van der Waals surface area contributed by atoms with Gasteiger partial charge in [-0.05, 0) is 47.2 Å². The highest BCUT2D eigenvalue weighted by atomic mass is 16.5. The van der Waals surface area contributed by atoms with Crippen molar-refractivity contribution in [2.24, 2.45) is 5.73 Å². The number of nitriles is 1. The van der Waals surface area contributed by atoms with Gasteiger partial charge in [-0.2, -0.15) is 5.26 Å². The van der Waals surface area contributed by atoms with Gasteiger partial charge >= 0.3 is 0 Å². The van der Waals surface area contributed by atoms with Crippen LogP contribution in [0.3, 0.4) is 0 Å². The van der Waals surface area contributed by atoms with Crippen LogP contribution in [-0.2, 0) is 6.42 Å². The largest absolute Gasteiger partial charge is 0.474 e. The number of nitrogens with zero attached hydrogens (tertiary/aromatic N) is 3. The van der Waals surface area contributed by atoms with E-state index in [1.54, 1.807) is 12.4 Å². The van der Waals surface area contributed by atoms with Crippen molar-refractivity contribution in [3.05, 3.63) is 90.6 Å². The number of aromatic amines is 1. The van der Waals surface area contributed by atoms with Gasteiger partial charge in [0, 0.05) is 46.9 Å². The molecule has 3 heterocycles. The Morgan fingerprint density at radius 2 is 1.97 bits per heavy atom. The minimum absolute atomic E-state index is 0.345. The third-order valence-electron chi connectivity index (χ3n) is 5.58. The SMILES string of the molecule is N#Cc1ncc(O[C@H](N)CCc2c[nH]c3ccccc23)cc1-c1ccc2cnccc2c1. The van der Waals surface area contributed by atoms with Crippen molar-refractivity contribution in [1.82, 2.24) is 15.0 Å². The summed E-state index contributed by atoms with van der Waals surface area (Å²) in [6.45, 7) is 0. The summed E-state index contributed by atoms with van der Waals surface area (Å²) < 4.78 is 5.96. The second-order valence-electron chi connectivity index (χ2n) is 7.67. The molecule has 32 heavy (non-hydrogen) atoms. The molecule has 0 fully saturated rings. The summed E-state index contributed by atoms with van der Waals surface area (Å²) in [5.41, 5.74) is 10.5. The molecule has 156 valence electrons. The molecule has 0 aliphatic rings. The zero-order valence-electron chi connectivity index (χ0n) is 17.3. The Morgan fingerprint density at radius 1 is 1.06 bits per heavy atom. The zero-order chi connectivity index (χ0) is 21.9. The quantitative estimate of drug-likeness (QED) is 0.379. The Labute approximate surface area is 185 Å². The van der Waals surface area contributed by atoms with Crippen LogP contribution in [0.2, 0.25) is 0 Å². The van der Waals surface area contributed by atoms with Crippen molar-refractivity contribution in [2.75, 3.05) is 0 Å². The zero-order valence-corrected chi connectivity index (χ0v) is 17.3. The molecule has 6 heteroatoms. The topological polar surface area (TPSA) is 101 Å². The van der Waals surface area contributed by atoms with Crippen LogP contribution >= 0.6 is 0 Å². The van der Waals surface area contributed by atoms with E-state index < -0.39 is 6.23 Å². The summed E-state index contributed by atoms with van der Waals surface area (Å²) in [7, 11) is 0. The maximum Gasteiger partial charge on any atom is 0.148 e. The van der Waals surface area contributed by atoms with Crippen LogP contribution in [0.15, 0.2) is 79.4 Å². The Hall–Kier alpha value is -4.21. The van der Waals surface area contributed by atoms with E-state index in [0.29, 0.717) is 23.4 Å². The molecule has 0 saturated carbocycles. The molecule has 6 nitrogen and oxygen atoms in total. The van der Waals surface area contributed by atoms with Gasteiger partial charge in [0.2, 0.25) is 0 Å². The lowest BCUT2D eigenvalue weighted by atomic mass is 10.0. The van der Waals surface area contributed by atoms with Gasteiger partial charge in [0.15, 0.2) is 0 Å². The van der Waals surface area contributed by atoms with E-state index in [2.05, 4.69) is 33.2 Å². The lowest BCUT2D eigenvalue weighted by Crippen LogP contribution is -2.27. The first kappa shape index (κ1) is 19.7. The molecular weight excluding hydrogens is 398 g/mol. The molecule has 3 N–H and O–H groups in total. The van der Waals surface area contributed by atoms with Crippen LogP contribution in [-0.4, -0.2) is 21.2 Å². The second-order valence-corrected chi connectivity index (χ2v) is 7.67. The van der Waals surface area contributed by atoms with Crippen molar-refractivity contribution in [2.45, 2.75) is 19.1 Å². The number of aryl methyl sites for hydroxylation is 1. The van der Waals surface area contributed by atoms with E-state index in [4.69, 9.17) is 10.5 Å². The van der Waals surface area contributed by atoms with Crippen molar-refractivity contribution in [3.8, 4) is 22.9 Å². The predicted molar refractivity (Wildman–Crippen MR) is 125 cm³/mol. The van der Waals surface area contributed by atoms with Gasteiger partial charge in [-0.3, -0.25) is 10.7 Å². The van der Waals surface area contributed by atoms with E-state index in [9.17, 15) is 5.26 Å². The number of aromatic nitrogens is 3. The molecule has 1 atom stereocenters.